The van der Waals surface area contributed by atoms with E-state index in [9.17, 15) is 8.42 Å². The molecule has 0 amide bonds. The number of hydrogen-bond acceptors (Lipinski definition) is 8. The van der Waals surface area contributed by atoms with Gasteiger partial charge in [-0.1, -0.05) is 11.8 Å². The van der Waals surface area contributed by atoms with Gasteiger partial charge < -0.3 is 4.42 Å². The standard InChI is InChI=1S/C14H15N5O3S2/c1-9-10(2)22-14(15-9)23-8-13-16-17-18-19(13)11-4-6-12(7-5-11)24(3,20)21/h4-7H,8H2,1-3H3. The van der Waals surface area contributed by atoms with Crippen molar-refractivity contribution >= 4 is 21.6 Å². The third-order valence-corrected chi connectivity index (χ3v) is 5.33. The summed E-state index contributed by atoms with van der Waals surface area (Å²) in [4.78, 5) is 4.55. The fourth-order valence-electron chi connectivity index (χ4n) is 1.96. The van der Waals surface area contributed by atoms with Crippen LogP contribution in [-0.4, -0.2) is 39.9 Å². The Morgan fingerprint density at radius 3 is 2.50 bits per heavy atom. The van der Waals surface area contributed by atoms with Gasteiger partial charge in [-0.15, -0.1) is 5.10 Å². The summed E-state index contributed by atoms with van der Waals surface area (Å²) in [6, 6.07) is 6.40. The van der Waals surface area contributed by atoms with Gasteiger partial charge in [-0.2, -0.15) is 4.68 Å². The number of rotatable bonds is 5. The first-order valence-corrected chi connectivity index (χ1v) is 9.87. The smallest absolute Gasteiger partial charge is 0.256 e. The number of hydrogen-bond donors (Lipinski definition) is 0. The molecule has 0 atom stereocenters. The van der Waals surface area contributed by atoms with Crippen LogP contribution in [0.15, 0.2) is 38.8 Å². The molecule has 2 aromatic heterocycles. The lowest BCUT2D eigenvalue weighted by Crippen LogP contribution is -2.03. The normalized spacial score (nSPS) is 11.8. The minimum Gasteiger partial charge on any atom is -0.437 e. The number of tetrazole rings is 1. The van der Waals surface area contributed by atoms with Crippen molar-refractivity contribution in [1.82, 2.24) is 25.2 Å². The number of thioether (sulfide) groups is 1. The van der Waals surface area contributed by atoms with Crippen LogP contribution >= 0.6 is 11.8 Å². The molecule has 0 bridgehead atoms. The molecule has 0 N–H and O–H groups in total. The fourth-order valence-corrected chi connectivity index (χ4v) is 3.41. The molecule has 3 rings (SSSR count). The average Bonchev–Trinajstić information content (AvgIpc) is 3.11. The Morgan fingerprint density at radius 1 is 1.21 bits per heavy atom. The van der Waals surface area contributed by atoms with Gasteiger partial charge in [0.05, 0.1) is 22.0 Å². The maximum Gasteiger partial charge on any atom is 0.256 e. The largest absolute Gasteiger partial charge is 0.437 e. The SMILES string of the molecule is Cc1nc(SCc2nnnn2-c2ccc(S(C)(=O)=O)cc2)oc1C. The van der Waals surface area contributed by atoms with Gasteiger partial charge in [0.15, 0.2) is 15.7 Å². The molecule has 0 saturated heterocycles. The second kappa shape index (κ2) is 6.36. The second-order valence-corrected chi connectivity index (χ2v) is 8.13. The summed E-state index contributed by atoms with van der Waals surface area (Å²) >= 11 is 1.39. The molecule has 0 spiro atoms. The lowest BCUT2D eigenvalue weighted by atomic mass is 10.3. The summed E-state index contributed by atoms with van der Waals surface area (Å²) < 4.78 is 30.1. The van der Waals surface area contributed by atoms with Crippen LogP contribution < -0.4 is 0 Å². The Morgan fingerprint density at radius 2 is 1.92 bits per heavy atom. The van der Waals surface area contributed by atoms with E-state index in [0.29, 0.717) is 22.5 Å². The second-order valence-electron chi connectivity index (χ2n) is 5.18. The first-order chi connectivity index (χ1) is 11.3. The van der Waals surface area contributed by atoms with Crippen molar-refractivity contribution in [2.75, 3.05) is 6.26 Å². The van der Waals surface area contributed by atoms with E-state index in [1.54, 1.807) is 16.8 Å². The van der Waals surface area contributed by atoms with Crippen molar-refractivity contribution in [2.45, 2.75) is 29.7 Å². The zero-order chi connectivity index (χ0) is 17.3. The van der Waals surface area contributed by atoms with Crippen molar-refractivity contribution in [2.24, 2.45) is 0 Å². The highest BCUT2D eigenvalue weighted by Gasteiger charge is 2.13. The molecule has 8 nitrogen and oxygen atoms in total. The first-order valence-electron chi connectivity index (χ1n) is 6.99. The van der Waals surface area contributed by atoms with E-state index in [2.05, 4.69) is 20.5 Å². The lowest BCUT2D eigenvalue weighted by molar-refractivity contribution is 0.431. The summed E-state index contributed by atoms with van der Waals surface area (Å²) in [7, 11) is -3.23. The summed E-state index contributed by atoms with van der Waals surface area (Å²) in [6.07, 6.45) is 1.17. The summed E-state index contributed by atoms with van der Waals surface area (Å²) in [5.74, 6) is 1.87. The van der Waals surface area contributed by atoms with E-state index in [1.165, 1.54) is 30.2 Å². The Balaban J connectivity index is 1.80. The number of sulfone groups is 1. The van der Waals surface area contributed by atoms with E-state index in [0.717, 1.165) is 11.5 Å². The molecule has 0 saturated carbocycles. The van der Waals surface area contributed by atoms with Gasteiger partial charge in [-0.3, -0.25) is 0 Å². The topological polar surface area (TPSA) is 104 Å². The molecule has 1 aromatic carbocycles. The van der Waals surface area contributed by atoms with Crippen molar-refractivity contribution in [3.8, 4) is 5.69 Å². The molecule has 0 aliphatic rings. The molecule has 2 heterocycles. The minimum absolute atomic E-state index is 0.251. The zero-order valence-electron chi connectivity index (χ0n) is 13.3. The van der Waals surface area contributed by atoms with Crippen molar-refractivity contribution in [3.05, 3.63) is 41.5 Å². The van der Waals surface area contributed by atoms with Crippen LogP contribution in [0.1, 0.15) is 17.3 Å². The zero-order valence-corrected chi connectivity index (χ0v) is 14.9. The minimum atomic E-state index is -3.23. The fraction of sp³-hybridized carbons (Fsp3) is 0.286. The maximum atomic E-state index is 11.5. The Labute approximate surface area is 143 Å². The van der Waals surface area contributed by atoms with Gasteiger partial charge in [0.25, 0.3) is 5.22 Å². The van der Waals surface area contributed by atoms with E-state index in [4.69, 9.17) is 4.42 Å². The van der Waals surface area contributed by atoms with Crippen LogP contribution in [0.2, 0.25) is 0 Å². The monoisotopic (exact) mass is 365 g/mol. The number of benzene rings is 1. The van der Waals surface area contributed by atoms with E-state index in [-0.39, 0.29) is 4.90 Å². The number of oxazole rings is 1. The number of aromatic nitrogens is 5. The van der Waals surface area contributed by atoms with Crippen LogP contribution in [-0.2, 0) is 15.6 Å². The van der Waals surface area contributed by atoms with Gasteiger partial charge in [0.2, 0.25) is 0 Å². The van der Waals surface area contributed by atoms with E-state index in [1.807, 2.05) is 13.8 Å². The molecule has 0 fully saturated rings. The lowest BCUT2D eigenvalue weighted by Gasteiger charge is -2.04. The van der Waals surface area contributed by atoms with Crippen LogP contribution in [0.5, 0.6) is 0 Å². The van der Waals surface area contributed by atoms with Gasteiger partial charge >= 0.3 is 0 Å². The predicted molar refractivity (Wildman–Crippen MR) is 87.8 cm³/mol. The van der Waals surface area contributed by atoms with Crippen LogP contribution in [0.4, 0.5) is 0 Å². The van der Waals surface area contributed by atoms with Crippen LogP contribution in [0, 0.1) is 13.8 Å². The van der Waals surface area contributed by atoms with Gasteiger partial charge in [0, 0.05) is 6.26 Å². The molecule has 0 radical (unpaired) electrons. The average molecular weight is 365 g/mol. The van der Waals surface area contributed by atoms with Crippen LogP contribution in [0.3, 0.4) is 0 Å². The van der Waals surface area contributed by atoms with E-state index >= 15 is 0 Å². The molecule has 126 valence electrons. The molecule has 24 heavy (non-hydrogen) atoms. The summed E-state index contributed by atoms with van der Waals surface area (Å²) in [6.45, 7) is 3.75. The summed E-state index contributed by atoms with van der Waals surface area (Å²) in [5, 5.41) is 12.2. The summed E-state index contributed by atoms with van der Waals surface area (Å²) in [5.41, 5.74) is 1.54. The third kappa shape index (κ3) is 3.49. The number of aryl methyl sites for hydroxylation is 2. The highest BCUT2D eigenvalue weighted by molar-refractivity contribution is 7.98. The van der Waals surface area contributed by atoms with E-state index < -0.39 is 9.84 Å². The Bertz CT molecular complexity index is 941. The quantitative estimate of drug-likeness (QED) is 0.632. The predicted octanol–water partition coefficient (Wildman–Crippen LogP) is 1.96. The Kier molecular flexibility index (Phi) is 4.41. The van der Waals surface area contributed by atoms with Crippen molar-refractivity contribution < 1.29 is 12.8 Å². The van der Waals surface area contributed by atoms with Crippen molar-refractivity contribution in [3.63, 3.8) is 0 Å². The highest BCUT2D eigenvalue weighted by Crippen LogP contribution is 2.24. The molecule has 0 aliphatic carbocycles. The van der Waals surface area contributed by atoms with Crippen molar-refractivity contribution in [1.29, 1.82) is 0 Å². The van der Waals surface area contributed by atoms with Gasteiger partial charge in [-0.25, -0.2) is 13.4 Å². The molecule has 10 heteroatoms. The van der Waals surface area contributed by atoms with Crippen LogP contribution in [0.25, 0.3) is 5.69 Å². The van der Waals surface area contributed by atoms with Gasteiger partial charge in [0.1, 0.15) is 5.76 Å². The highest BCUT2D eigenvalue weighted by atomic mass is 32.2. The van der Waals surface area contributed by atoms with Gasteiger partial charge in [-0.05, 0) is 48.5 Å². The maximum absolute atomic E-state index is 11.5. The Hall–Kier alpha value is -2.20. The molecule has 0 aliphatic heterocycles. The molecular formula is C14H15N5O3S2. The molecule has 0 unspecified atom stereocenters. The molecule has 3 aromatic rings. The first kappa shape index (κ1) is 16.7. The molecular weight excluding hydrogens is 350 g/mol. The third-order valence-electron chi connectivity index (χ3n) is 3.38. The number of nitrogens with zero attached hydrogens (tertiary/aromatic N) is 5.